The van der Waals surface area contributed by atoms with E-state index >= 15 is 0 Å². The van der Waals surface area contributed by atoms with Crippen molar-refractivity contribution in [1.29, 1.82) is 0 Å². The van der Waals surface area contributed by atoms with Gasteiger partial charge in [-0.05, 0) is 51.7 Å². The molecule has 2 fully saturated rings. The van der Waals surface area contributed by atoms with Crippen molar-refractivity contribution in [3.63, 3.8) is 0 Å². The molecule has 2 aliphatic heterocycles. The van der Waals surface area contributed by atoms with E-state index in [1.54, 1.807) is 45.2 Å². The summed E-state index contributed by atoms with van der Waals surface area (Å²) in [5.74, 6) is -0.819. The van der Waals surface area contributed by atoms with E-state index in [4.69, 9.17) is 0 Å². The van der Waals surface area contributed by atoms with Gasteiger partial charge < -0.3 is 20.4 Å². The maximum absolute atomic E-state index is 14.3. The molecule has 47 heavy (non-hydrogen) atoms. The average Bonchev–Trinajstić information content (AvgIpc) is 3.41. The first kappa shape index (κ1) is 31.4. The van der Waals surface area contributed by atoms with Crippen LogP contribution < -0.4 is 10.6 Å². The van der Waals surface area contributed by atoms with Crippen molar-refractivity contribution in [3.05, 3.63) is 126 Å². The van der Waals surface area contributed by atoms with Crippen molar-refractivity contribution in [3.8, 4) is 0 Å². The van der Waals surface area contributed by atoms with Crippen LogP contribution >= 0.6 is 0 Å². The molecule has 10 nitrogen and oxygen atoms in total. The summed E-state index contributed by atoms with van der Waals surface area (Å²) >= 11 is 0. The second-order valence-electron chi connectivity index (χ2n) is 11.6. The molecule has 0 radical (unpaired) electrons. The van der Waals surface area contributed by atoms with Gasteiger partial charge in [0.25, 0.3) is 0 Å². The predicted octanol–water partition coefficient (Wildman–Crippen LogP) is 4.28. The molecule has 6 rings (SSSR count). The lowest BCUT2D eigenvalue weighted by molar-refractivity contribution is -0.157. The minimum absolute atomic E-state index is 0.101. The van der Waals surface area contributed by atoms with Crippen molar-refractivity contribution in [2.75, 3.05) is 25.0 Å². The largest absolute Gasteiger partial charge is 0.333 e. The number of hydrazine groups is 1. The third kappa shape index (κ3) is 6.70. The highest BCUT2D eigenvalue weighted by Gasteiger charge is 2.52. The minimum atomic E-state index is -0.820. The molecule has 240 valence electrons. The molecular weight excluding hydrogens is 599 g/mol. The van der Waals surface area contributed by atoms with Crippen LogP contribution in [0.25, 0.3) is 10.8 Å². The highest BCUT2D eigenvalue weighted by atomic mass is 19.1. The summed E-state index contributed by atoms with van der Waals surface area (Å²) in [4.78, 5) is 55.9. The fourth-order valence-corrected chi connectivity index (χ4v) is 6.35. The molecule has 0 aliphatic carbocycles. The summed E-state index contributed by atoms with van der Waals surface area (Å²) < 4.78 is 13.4. The summed E-state index contributed by atoms with van der Waals surface area (Å²) in [6, 6.07) is 25.7. The summed E-state index contributed by atoms with van der Waals surface area (Å²) in [5.41, 5.74) is 3.13. The van der Waals surface area contributed by atoms with Gasteiger partial charge in [-0.1, -0.05) is 72.8 Å². The summed E-state index contributed by atoms with van der Waals surface area (Å²) in [7, 11) is 0. The normalized spacial score (nSPS) is 17.8. The maximum Gasteiger partial charge on any atom is 0.332 e. The number of carbonyl (C=O) groups is 4. The van der Waals surface area contributed by atoms with Gasteiger partial charge in [0.15, 0.2) is 0 Å². The average molecular weight is 635 g/mol. The van der Waals surface area contributed by atoms with Crippen LogP contribution in [0.4, 0.5) is 14.9 Å². The smallest absolute Gasteiger partial charge is 0.332 e. The third-order valence-corrected chi connectivity index (χ3v) is 8.62. The molecular formula is C36H35FN6O4. The van der Waals surface area contributed by atoms with Gasteiger partial charge in [-0.25, -0.2) is 9.18 Å². The van der Waals surface area contributed by atoms with Crippen molar-refractivity contribution in [2.45, 2.75) is 31.7 Å². The Labute approximate surface area is 272 Å². The monoisotopic (exact) mass is 634 g/mol. The summed E-state index contributed by atoms with van der Waals surface area (Å²) in [6.07, 6.45) is 1.81. The van der Waals surface area contributed by atoms with Gasteiger partial charge in [-0.2, -0.15) is 5.01 Å². The maximum atomic E-state index is 14.3. The van der Waals surface area contributed by atoms with Gasteiger partial charge in [0.2, 0.25) is 18.2 Å². The van der Waals surface area contributed by atoms with Gasteiger partial charge >= 0.3 is 6.03 Å². The molecule has 2 N–H and O–H groups in total. The Balaban J connectivity index is 1.31. The van der Waals surface area contributed by atoms with Crippen molar-refractivity contribution < 1.29 is 23.6 Å². The fraction of sp³-hybridized carbons (Fsp3) is 0.222. The van der Waals surface area contributed by atoms with Gasteiger partial charge in [0, 0.05) is 25.2 Å². The van der Waals surface area contributed by atoms with Gasteiger partial charge in [0.1, 0.15) is 18.0 Å². The van der Waals surface area contributed by atoms with Gasteiger partial charge in [0.05, 0.1) is 19.6 Å². The second-order valence-corrected chi connectivity index (χ2v) is 11.6. The molecule has 2 saturated heterocycles. The molecule has 2 heterocycles. The lowest BCUT2D eigenvalue weighted by Crippen LogP contribution is -2.66. The Morgan fingerprint density at radius 3 is 2.43 bits per heavy atom. The lowest BCUT2D eigenvalue weighted by atomic mass is 9.98. The third-order valence-electron chi connectivity index (χ3n) is 8.62. The first-order valence-electron chi connectivity index (χ1n) is 15.4. The van der Waals surface area contributed by atoms with Crippen molar-refractivity contribution >= 4 is 40.7 Å². The van der Waals surface area contributed by atoms with Crippen molar-refractivity contribution in [2.24, 2.45) is 0 Å². The number of amides is 5. The standard InChI is InChI=1S/C36H35FN6O4/c1-2-18-41(36(47)38-20-26-10-14-29(37)15-11-26)42-23-34(45)43-32(19-25-12-16-30(17-13-25)39-24-44)35(46)40(22-33(42)43)21-28-8-5-7-27-6-3-4-9-31(27)28/h2-17,24,32-33H,1,18-23H2,(H,38,47)(H,39,44)/t32-,33+/m0/s1. The topological polar surface area (TPSA) is 105 Å². The number of benzene rings is 4. The number of nitrogens with zero attached hydrogens (tertiary/aromatic N) is 4. The van der Waals surface area contributed by atoms with E-state index in [0.29, 0.717) is 18.6 Å². The number of fused-ring (bicyclic) bond motifs is 2. The molecule has 2 aliphatic rings. The number of halogens is 1. The van der Waals surface area contributed by atoms with Crippen LogP contribution in [0.1, 0.15) is 16.7 Å². The van der Waals surface area contributed by atoms with Crippen LogP contribution in [0.2, 0.25) is 0 Å². The van der Waals surface area contributed by atoms with E-state index in [1.165, 1.54) is 17.1 Å². The Morgan fingerprint density at radius 1 is 0.957 bits per heavy atom. The molecule has 2 atom stereocenters. The minimum Gasteiger partial charge on any atom is -0.333 e. The first-order valence-corrected chi connectivity index (χ1v) is 15.4. The van der Waals surface area contributed by atoms with E-state index in [2.05, 4.69) is 17.2 Å². The van der Waals surface area contributed by atoms with Crippen LogP contribution in [-0.2, 0) is 33.9 Å². The number of nitrogens with one attached hydrogen (secondary N) is 2. The molecule has 4 aromatic rings. The molecule has 0 saturated carbocycles. The van der Waals surface area contributed by atoms with E-state index in [9.17, 15) is 23.6 Å². The van der Waals surface area contributed by atoms with Crippen LogP contribution in [0.15, 0.2) is 104 Å². The van der Waals surface area contributed by atoms with E-state index in [1.807, 2.05) is 54.6 Å². The zero-order chi connectivity index (χ0) is 32.9. The van der Waals surface area contributed by atoms with E-state index in [-0.39, 0.29) is 50.2 Å². The van der Waals surface area contributed by atoms with Crippen LogP contribution in [-0.4, -0.2) is 75.9 Å². The lowest BCUT2D eigenvalue weighted by Gasteiger charge is -2.46. The molecule has 4 aromatic carbocycles. The Bertz CT molecular complexity index is 1790. The molecule has 0 aromatic heterocycles. The quantitative estimate of drug-likeness (QED) is 0.189. The first-order chi connectivity index (χ1) is 22.9. The Morgan fingerprint density at radius 2 is 1.68 bits per heavy atom. The summed E-state index contributed by atoms with van der Waals surface area (Å²) in [6.45, 7) is 4.52. The number of anilines is 1. The predicted molar refractivity (Wildman–Crippen MR) is 176 cm³/mol. The van der Waals surface area contributed by atoms with E-state index < -0.39 is 18.2 Å². The zero-order valence-electron chi connectivity index (χ0n) is 25.7. The molecule has 5 amide bonds. The molecule has 0 bridgehead atoms. The van der Waals surface area contributed by atoms with Gasteiger partial charge in [-0.15, -0.1) is 6.58 Å². The Hall–Kier alpha value is -5.55. The highest BCUT2D eigenvalue weighted by Crippen LogP contribution is 2.31. The van der Waals surface area contributed by atoms with Crippen LogP contribution in [0.5, 0.6) is 0 Å². The number of hydrogen-bond acceptors (Lipinski definition) is 5. The number of carbonyl (C=O) groups excluding carboxylic acids is 4. The van der Waals surface area contributed by atoms with Crippen molar-refractivity contribution in [1.82, 2.24) is 25.1 Å². The summed E-state index contributed by atoms with van der Waals surface area (Å²) in [5, 5.41) is 10.7. The fourth-order valence-electron chi connectivity index (χ4n) is 6.35. The number of piperazine rings is 1. The SMILES string of the molecule is C=CCN(C(=O)NCc1ccc(F)cc1)N1CC(=O)N2[C@@H](Cc3ccc(NC=O)cc3)C(=O)N(Cc3cccc4ccccc34)C[C@@H]21. The van der Waals surface area contributed by atoms with Gasteiger partial charge in [-0.3, -0.25) is 19.4 Å². The molecule has 11 heteroatoms. The second kappa shape index (κ2) is 13.8. The Kier molecular flexibility index (Phi) is 9.25. The van der Waals surface area contributed by atoms with Crippen LogP contribution in [0, 0.1) is 5.82 Å². The zero-order valence-corrected chi connectivity index (χ0v) is 25.7. The highest BCUT2D eigenvalue weighted by molar-refractivity contribution is 5.92. The molecule has 0 spiro atoms. The number of rotatable bonds is 11. The number of hydrogen-bond donors (Lipinski definition) is 2. The molecule has 0 unspecified atom stereocenters. The number of urea groups is 1. The van der Waals surface area contributed by atoms with Crippen LogP contribution in [0.3, 0.4) is 0 Å². The van der Waals surface area contributed by atoms with E-state index in [0.717, 1.165) is 27.5 Å².